The Hall–Kier alpha value is -7.30. The number of anilines is 6. The van der Waals surface area contributed by atoms with Crippen LogP contribution in [0.5, 0.6) is 0 Å². The summed E-state index contributed by atoms with van der Waals surface area (Å²) >= 11 is 0. The van der Waals surface area contributed by atoms with Gasteiger partial charge in [-0.15, -0.1) is 0 Å². The molecule has 0 saturated heterocycles. The lowest BCUT2D eigenvalue weighted by molar-refractivity contribution is 0.590. The normalized spacial score (nSPS) is 12.4. The zero-order valence-corrected chi connectivity index (χ0v) is 36.0. The molecule has 0 spiro atoms. The van der Waals surface area contributed by atoms with E-state index in [0.29, 0.717) is 0 Å². The summed E-state index contributed by atoms with van der Waals surface area (Å²) in [6.07, 6.45) is 0. The van der Waals surface area contributed by atoms with Crippen LogP contribution in [0, 0.1) is 0 Å². The molecule has 0 aliphatic carbocycles. The van der Waals surface area contributed by atoms with E-state index in [4.69, 9.17) is 8.83 Å². The van der Waals surface area contributed by atoms with Crippen LogP contribution in [0.15, 0.2) is 191 Å². The second-order valence-corrected chi connectivity index (χ2v) is 18.8. The molecule has 2 aromatic heterocycles. The van der Waals surface area contributed by atoms with E-state index in [9.17, 15) is 0 Å². The van der Waals surface area contributed by atoms with E-state index in [1.54, 1.807) is 0 Å². The highest BCUT2D eigenvalue weighted by molar-refractivity contribution is 6.18. The van der Waals surface area contributed by atoms with Crippen LogP contribution in [0.4, 0.5) is 34.1 Å². The van der Waals surface area contributed by atoms with Gasteiger partial charge in [-0.2, -0.15) is 0 Å². The Morgan fingerprint density at radius 2 is 0.645 bits per heavy atom. The molecular weight excluding hydrogens is 757 g/mol. The highest BCUT2D eigenvalue weighted by atomic mass is 16.3. The van der Waals surface area contributed by atoms with E-state index in [0.717, 1.165) is 99.5 Å². The highest BCUT2D eigenvalue weighted by Gasteiger charge is 2.21. The van der Waals surface area contributed by atoms with Gasteiger partial charge in [-0.05, 0) is 153 Å². The molecule has 0 aliphatic rings. The molecule has 0 fully saturated rings. The van der Waals surface area contributed by atoms with E-state index >= 15 is 0 Å². The summed E-state index contributed by atoms with van der Waals surface area (Å²) in [6.45, 7) is 13.6. The van der Waals surface area contributed by atoms with Gasteiger partial charge in [0.15, 0.2) is 0 Å². The van der Waals surface area contributed by atoms with Crippen molar-refractivity contribution < 1.29 is 8.83 Å². The molecule has 0 saturated carbocycles. The molecule has 0 N–H and O–H groups in total. The standard InChI is InChI=1S/C58H48N2O2/c1-57(2,3)41-15-13-21-45(33-41)59(43-17-9-7-10-18-43)47-25-23-37-29-49-51-35-56-52(36-55(51)61-53(49)31-39(37)27-47)50-30-38-24-26-48(28-40(38)32-54(50)62-56)60(44-19-11-8-12-20-44)46-22-14-16-42(34-46)58(4,5)6/h7-36H,1-6H3. The Morgan fingerprint density at radius 1 is 0.290 bits per heavy atom. The highest BCUT2D eigenvalue weighted by Crippen LogP contribution is 2.43. The third-order valence-corrected chi connectivity index (χ3v) is 12.4. The smallest absolute Gasteiger partial charge is 0.136 e. The predicted octanol–water partition coefficient (Wildman–Crippen LogP) is 17.3. The predicted molar refractivity (Wildman–Crippen MR) is 263 cm³/mol. The van der Waals surface area contributed by atoms with Gasteiger partial charge in [-0.1, -0.05) is 114 Å². The SMILES string of the molecule is CC(C)(C)c1cccc(N(c2ccccc2)c2ccc3cc4c(cc3c2)oc2cc3c(cc24)oc2cc4cc(N(c5ccccc5)c5cccc(C(C)(C)C)c5)ccc4cc23)c1. The first-order valence-electron chi connectivity index (χ1n) is 21.6. The lowest BCUT2D eigenvalue weighted by atomic mass is 9.87. The molecule has 0 unspecified atom stereocenters. The topological polar surface area (TPSA) is 32.8 Å². The Morgan fingerprint density at radius 3 is 1.05 bits per heavy atom. The maximum atomic E-state index is 6.69. The Labute approximate surface area is 362 Å². The number of hydrogen-bond donors (Lipinski definition) is 0. The molecule has 302 valence electrons. The minimum Gasteiger partial charge on any atom is -0.456 e. The fraction of sp³-hybridized carbons (Fsp3) is 0.138. The summed E-state index contributed by atoms with van der Waals surface area (Å²) in [5.74, 6) is 0. The molecule has 4 heteroatoms. The molecule has 0 aliphatic heterocycles. The van der Waals surface area contributed by atoms with Gasteiger partial charge < -0.3 is 18.6 Å². The maximum absolute atomic E-state index is 6.69. The Bertz CT molecular complexity index is 3260. The van der Waals surface area contributed by atoms with Crippen molar-refractivity contribution in [3.05, 3.63) is 193 Å². The number of rotatable bonds is 6. The number of benzene rings is 9. The number of hydrogen-bond acceptors (Lipinski definition) is 4. The second-order valence-electron chi connectivity index (χ2n) is 18.8. The fourth-order valence-corrected chi connectivity index (χ4v) is 9.05. The molecule has 0 radical (unpaired) electrons. The van der Waals surface area contributed by atoms with Crippen molar-refractivity contribution in [1.29, 1.82) is 0 Å². The number of nitrogens with zero attached hydrogens (tertiary/aromatic N) is 2. The minimum absolute atomic E-state index is 0.0327. The number of furan rings is 2. The van der Waals surface area contributed by atoms with E-state index in [1.165, 1.54) is 11.1 Å². The van der Waals surface area contributed by atoms with E-state index in [-0.39, 0.29) is 10.8 Å². The quantitative estimate of drug-likeness (QED) is 0.168. The number of para-hydroxylation sites is 2. The van der Waals surface area contributed by atoms with Crippen LogP contribution in [0.2, 0.25) is 0 Å². The third-order valence-electron chi connectivity index (χ3n) is 12.4. The summed E-state index contributed by atoms with van der Waals surface area (Å²) in [5.41, 5.74) is 12.7. The van der Waals surface area contributed by atoms with Crippen molar-refractivity contribution in [3.63, 3.8) is 0 Å². The van der Waals surface area contributed by atoms with Crippen LogP contribution in [0.25, 0.3) is 65.4 Å². The largest absolute Gasteiger partial charge is 0.456 e. The Balaban J connectivity index is 0.992. The van der Waals surface area contributed by atoms with Gasteiger partial charge in [-0.25, -0.2) is 0 Å². The van der Waals surface area contributed by atoms with Gasteiger partial charge in [0.2, 0.25) is 0 Å². The van der Waals surface area contributed by atoms with Gasteiger partial charge in [0.25, 0.3) is 0 Å². The zero-order chi connectivity index (χ0) is 42.3. The van der Waals surface area contributed by atoms with Crippen LogP contribution < -0.4 is 9.80 Å². The first-order valence-corrected chi connectivity index (χ1v) is 21.6. The summed E-state index contributed by atoms with van der Waals surface area (Å²) < 4.78 is 13.4. The van der Waals surface area contributed by atoms with Crippen LogP contribution in [0.1, 0.15) is 52.7 Å². The van der Waals surface area contributed by atoms with Crippen molar-refractivity contribution >= 4 is 99.5 Å². The molecule has 2 heterocycles. The molecule has 62 heavy (non-hydrogen) atoms. The molecule has 9 aromatic carbocycles. The average Bonchev–Trinajstić information content (AvgIpc) is 3.80. The average molecular weight is 805 g/mol. The van der Waals surface area contributed by atoms with Crippen molar-refractivity contribution in [1.82, 2.24) is 0 Å². The molecule has 0 amide bonds. The lowest BCUT2D eigenvalue weighted by Gasteiger charge is -2.28. The van der Waals surface area contributed by atoms with Crippen LogP contribution in [-0.2, 0) is 10.8 Å². The molecule has 0 bridgehead atoms. The van der Waals surface area contributed by atoms with Gasteiger partial charge >= 0.3 is 0 Å². The van der Waals surface area contributed by atoms with Crippen molar-refractivity contribution in [2.24, 2.45) is 0 Å². The van der Waals surface area contributed by atoms with E-state index in [2.05, 4.69) is 233 Å². The Kier molecular flexibility index (Phi) is 8.59. The molecule has 11 aromatic rings. The molecule has 4 nitrogen and oxygen atoms in total. The van der Waals surface area contributed by atoms with Gasteiger partial charge in [-0.3, -0.25) is 0 Å². The summed E-state index contributed by atoms with van der Waals surface area (Å²) in [4.78, 5) is 4.68. The van der Waals surface area contributed by atoms with Gasteiger partial charge in [0.05, 0.1) is 0 Å². The molecule has 0 atom stereocenters. The second kappa shape index (κ2) is 14.1. The lowest BCUT2D eigenvalue weighted by Crippen LogP contribution is -2.14. The maximum Gasteiger partial charge on any atom is 0.136 e. The minimum atomic E-state index is 0.0327. The number of fused-ring (bicyclic) bond motifs is 8. The fourth-order valence-electron chi connectivity index (χ4n) is 9.05. The van der Waals surface area contributed by atoms with Crippen LogP contribution in [-0.4, -0.2) is 0 Å². The first kappa shape index (κ1) is 37.7. The van der Waals surface area contributed by atoms with Crippen molar-refractivity contribution in [3.8, 4) is 0 Å². The molecular formula is C58H48N2O2. The summed E-state index contributed by atoms with van der Waals surface area (Å²) in [7, 11) is 0. The van der Waals surface area contributed by atoms with E-state index < -0.39 is 0 Å². The van der Waals surface area contributed by atoms with Crippen molar-refractivity contribution in [2.75, 3.05) is 9.80 Å². The van der Waals surface area contributed by atoms with Gasteiger partial charge in [0, 0.05) is 55.7 Å². The van der Waals surface area contributed by atoms with Crippen LogP contribution >= 0.6 is 0 Å². The summed E-state index contributed by atoms with van der Waals surface area (Å²) in [6, 6.07) is 65.7. The van der Waals surface area contributed by atoms with Crippen LogP contribution in [0.3, 0.4) is 0 Å². The summed E-state index contributed by atoms with van der Waals surface area (Å²) in [5, 5.41) is 8.79. The van der Waals surface area contributed by atoms with Gasteiger partial charge in [0.1, 0.15) is 22.3 Å². The monoisotopic (exact) mass is 804 g/mol. The van der Waals surface area contributed by atoms with Crippen molar-refractivity contribution in [2.45, 2.75) is 52.4 Å². The van der Waals surface area contributed by atoms with E-state index in [1.807, 2.05) is 0 Å². The first-order chi connectivity index (χ1) is 29.9. The third kappa shape index (κ3) is 6.55. The zero-order valence-electron chi connectivity index (χ0n) is 36.0. The molecule has 11 rings (SSSR count).